The molecule has 4 aromatic rings. The molecular weight excluding hydrogens is 482 g/mol. The number of carbonyl (C=O) groups is 1. The monoisotopic (exact) mass is 510 g/mol. The second kappa shape index (κ2) is 11.4. The quantitative estimate of drug-likeness (QED) is 0.177. The van der Waals surface area contributed by atoms with Gasteiger partial charge in [-0.25, -0.2) is 8.78 Å². The van der Waals surface area contributed by atoms with Crippen LogP contribution >= 0.6 is 0 Å². The van der Waals surface area contributed by atoms with Crippen LogP contribution in [-0.2, 0) is 11.4 Å². The van der Waals surface area contributed by atoms with E-state index in [2.05, 4.69) is 4.99 Å². The van der Waals surface area contributed by atoms with Gasteiger partial charge in [0.25, 0.3) is 0 Å². The van der Waals surface area contributed by atoms with Crippen LogP contribution in [0, 0.1) is 17.6 Å². The van der Waals surface area contributed by atoms with Gasteiger partial charge in [-0.05, 0) is 78.1 Å². The SMILES string of the molecule is CN=C(CCC1C(=O)N(c2ccc(F)cc2)C1c1ccc(OCc2ccccc2)cc1)c1ccc(F)cc1. The molecule has 0 spiro atoms. The maximum atomic E-state index is 13.6. The third kappa shape index (κ3) is 5.49. The van der Waals surface area contributed by atoms with Crippen molar-refractivity contribution in [3.05, 3.63) is 131 Å². The van der Waals surface area contributed by atoms with Crippen LogP contribution in [0.15, 0.2) is 108 Å². The number of anilines is 1. The third-order valence-corrected chi connectivity index (χ3v) is 6.93. The van der Waals surface area contributed by atoms with Crippen molar-refractivity contribution < 1.29 is 18.3 Å². The van der Waals surface area contributed by atoms with Crippen LogP contribution in [0.25, 0.3) is 0 Å². The standard InChI is InChI=1S/C32H28F2N2O2/c1-35-30(23-7-11-25(33)12-8-23)20-19-29-31(36(32(29)37)27-15-13-26(34)14-16-27)24-9-17-28(18-10-24)38-21-22-5-3-2-4-6-22/h2-18,29,31H,19-21H2,1H3. The first-order valence-corrected chi connectivity index (χ1v) is 12.6. The van der Waals surface area contributed by atoms with Gasteiger partial charge in [0, 0.05) is 18.4 Å². The number of nitrogens with zero attached hydrogens (tertiary/aromatic N) is 2. The summed E-state index contributed by atoms with van der Waals surface area (Å²) in [5.74, 6) is -0.193. The number of carbonyl (C=O) groups excluding carboxylic acids is 1. The zero-order chi connectivity index (χ0) is 26.5. The molecule has 1 amide bonds. The number of halogens is 2. The molecule has 0 aliphatic carbocycles. The van der Waals surface area contributed by atoms with Gasteiger partial charge in [0.15, 0.2) is 0 Å². The van der Waals surface area contributed by atoms with E-state index >= 15 is 0 Å². The van der Waals surface area contributed by atoms with Crippen molar-refractivity contribution in [2.45, 2.75) is 25.5 Å². The molecular formula is C32H28F2N2O2. The van der Waals surface area contributed by atoms with Crippen molar-refractivity contribution in [3.63, 3.8) is 0 Å². The average molecular weight is 511 g/mol. The highest BCUT2D eigenvalue weighted by Gasteiger charge is 2.48. The predicted octanol–water partition coefficient (Wildman–Crippen LogP) is 7.15. The predicted molar refractivity (Wildman–Crippen MR) is 145 cm³/mol. The molecule has 2 unspecified atom stereocenters. The van der Waals surface area contributed by atoms with Crippen molar-refractivity contribution in [2.75, 3.05) is 11.9 Å². The van der Waals surface area contributed by atoms with E-state index in [9.17, 15) is 13.6 Å². The van der Waals surface area contributed by atoms with Gasteiger partial charge in [0.05, 0.1) is 12.0 Å². The maximum Gasteiger partial charge on any atom is 0.233 e. The van der Waals surface area contributed by atoms with Crippen LogP contribution in [0.5, 0.6) is 5.75 Å². The van der Waals surface area contributed by atoms with E-state index in [1.54, 1.807) is 36.2 Å². The third-order valence-electron chi connectivity index (χ3n) is 6.93. The fourth-order valence-corrected chi connectivity index (χ4v) is 4.92. The van der Waals surface area contributed by atoms with Gasteiger partial charge in [0.1, 0.15) is 24.0 Å². The lowest BCUT2D eigenvalue weighted by Crippen LogP contribution is -2.55. The molecule has 192 valence electrons. The molecule has 1 saturated heterocycles. The van der Waals surface area contributed by atoms with E-state index in [4.69, 9.17) is 4.74 Å². The van der Waals surface area contributed by atoms with Crippen LogP contribution in [0.2, 0.25) is 0 Å². The van der Waals surface area contributed by atoms with Crippen LogP contribution in [0.4, 0.5) is 14.5 Å². The molecule has 6 heteroatoms. The number of rotatable bonds is 9. The van der Waals surface area contributed by atoms with Crippen molar-refractivity contribution in [1.29, 1.82) is 0 Å². The number of aliphatic imine (C=N–C) groups is 1. The molecule has 4 aromatic carbocycles. The van der Waals surface area contributed by atoms with Crippen LogP contribution in [-0.4, -0.2) is 18.7 Å². The fourth-order valence-electron chi connectivity index (χ4n) is 4.92. The molecule has 4 nitrogen and oxygen atoms in total. The summed E-state index contributed by atoms with van der Waals surface area (Å²) in [4.78, 5) is 19.5. The van der Waals surface area contributed by atoms with Gasteiger partial charge in [-0.3, -0.25) is 9.79 Å². The van der Waals surface area contributed by atoms with Crippen molar-refractivity contribution in [2.24, 2.45) is 10.9 Å². The zero-order valence-corrected chi connectivity index (χ0v) is 21.1. The summed E-state index contributed by atoms with van der Waals surface area (Å²) in [6.45, 7) is 0.467. The Balaban J connectivity index is 1.35. The lowest BCUT2D eigenvalue weighted by Gasteiger charge is -2.47. The molecule has 1 fully saturated rings. The lowest BCUT2D eigenvalue weighted by atomic mass is 9.78. The summed E-state index contributed by atoms with van der Waals surface area (Å²) in [6, 6.07) is 29.8. The highest BCUT2D eigenvalue weighted by atomic mass is 19.1. The molecule has 1 heterocycles. The normalized spacial score (nSPS) is 17.3. The van der Waals surface area contributed by atoms with Crippen molar-refractivity contribution >= 4 is 17.3 Å². The molecule has 0 aromatic heterocycles. The van der Waals surface area contributed by atoms with Crippen molar-refractivity contribution in [3.8, 4) is 5.75 Å². The van der Waals surface area contributed by atoms with Gasteiger partial charge in [-0.2, -0.15) is 0 Å². The molecule has 0 saturated carbocycles. The Morgan fingerprint density at radius 3 is 2.11 bits per heavy atom. The van der Waals surface area contributed by atoms with Crippen molar-refractivity contribution in [1.82, 2.24) is 0 Å². The second-order valence-electron chi connectivity index (χ2n) is 9.30. The number of amides is 1. The number of ether oxygens (including phenoxy) is 1. The first-order valence-electron chi connectivity index (χ1n) is 12.6. The molecule has 1 aliphatic heterocycles. The zero-order valence-electron chi connectivity index (χ0n) is 21.1. The highest BCUT2D eigenvalue weighted by Crippen LogP contribution is 2.46. The minimum absolute atomic E-state index is 0.0134. The van der Waals surface area contributed by atoms with Gasteiger partial charge in [-0.1, -0.05) is 54.6 Å². The molecule has 0 N–H and O–H groups in total. The van der Waals surface area contributed by atoms with Gasteiger partial charge < -0.3 is 9.64 Å². The molecule has 1 aliphatic rings. The molecule has 0 bridgehead atoms. The largest absolute Gasteiger partial charge is 0.489 e. The molecule has 0 radical (unpaired) electrons. The number of hydrogen-bond donors (Lipinski definition) is 0. The Labute approximate surface area is 221 Å². The summed E-state index contributed by atoms with van der Waals surface area (Å²) in [7, 11) is 1.71. The lowest BCUT2D eigenvalue weighted by molar-refractivity contribution is -0.130. The van der Waals surface area contributed by atoms with E-state index in [0.717, 1.165) is 28.2 Å². The minimum atomic E-state index is -0.349. The maximum absolute atomic E-state index is 13.6. The Bertz CT molecular complexity index is 1400. The van der Waals surface area contributed by atoms with E-state index < -0.39 is 0 Å². The summed E-state index contributed by atoms with van der Waals surface area (Å²) in [5.41, 5.74) is 4.37. The summed E-state index contributed by atoms with van der Waals surface area (Å²) < 4.78 is 32.9. The average Bonchev–Trinajstić information content (AvgIpc) is 2.95. The van der Waals surface area contributed by atoms with Gasteiger partial charge in [-0.15, -0.1) is 0 Å². The highest BCUT2D eigenvalue weighted by molar-refractivity contribution is 6.04. The Hall–Kier alpha value is -4.32. The fraction of sp³-hybridized carbons (Fsp3) is 0.188. The topological polar surface area (TPSA) is 41.9 Å². The van der Waals surface area contributed by atoms with E-state index in [1.807, 2.05) is 54.6 Å². The Morgan fingerprint density at radius 1 is 0.842 bits per heavy atom. The molecule has 38 heavy (non-hydrogen) atoms. The number of hydrogen-bond acceptors (Lipinski definition) is 3. The van der Waals surface area contributed by atoms with Crippen LogP contribution in [0.3, 0.4) is 0 Å². The summed E-state index contributed by atoms with van der Waals surface area (Å²) in [6.07, 6.45) is 1.15. The molecule has 5 rings (SSSR count). The Morgan fingerprint density at radius 2 is 1.47 bits per heavy atom. The minimum Gasteiger partial charge on any atom is -0.489 e. The molecule has 2 atom stereocenters. The van der Waals surface area contributed by atoms with E-state index in [-0.39, 0.29) is 29.5 Å². The van der Waals surface area contributed by atoms with E-state index in [1.165, 1.54) is 24.3 Å². The summed E-state index contributed by atoms with van der Waals surface area (Å²) >= 11 is 0. The van der Waals surface area contributed by atoms with E-state index in [0.29, 0.717) is 25.1 Å². The summed E-state index contributed by atoms with van der Waals surface area (Å²) in [5, 5.41) is 0. The van der Waals surface area contributed by atoms with Gasteiger partial charge in [0.2, 0.25) is 5.91 Å². The number of benzene rings is 4. The second-order valence-corrected chi connectivity index (χ2v) is 9.30. The van der Waals surface area contributed by atoms with Gasteiger partial charge >= 0.3 is 0 Å². The van der Waals surface area contributed by atoms with Crippen LogP contribution in [0.1, 0.15) is 35.6 Å². The smallest absolute Gasteiger partial charge is 0.233 e. The Kier molecular flexibility index (Phi) is 7.59. The van der Waals surface area contributed by atoms with Crippen LogP contribution < -0.4 is 9.64 Å². The first-order chi connectivity index (χ1) is 18.5. The first kappa shape index (κ1) is 25.3. The number of β-lactam (4-membered cyclic amide) rings is 1.